The maximum Gasteiger partial charge on any atom is 0.433 e. The number of hydrogen-bond acceptors (Lipinski definition) is 2. The van der Waals surface area contributed by atoms with Crippen LogP contribution in [-0.2, 0) is 12.6 Å². The summed E-state index contributed by atoms with van der Waals surface area (Å²) in [6.07, 6.45) is 2.42. The molecule has 1 aliphatic rings. The van der Waals surface area contributed by atoms with Crippen molar-refractivity contribution < 1.29 is 13.2 Å². The Morgan fingerprint density at radius 2 is 1.89 bits per heavy atom. The molecule has 0 amide bonds. The molecule has 1 aromatic heterocycles. The number of hydrogen-bond donors (Lipinski definition) is 1. The molecule has 0 bridgehead atoms. The van der Waals surface area contributed by atoms with E-state index in [1.54, 1.807) is 6.07 Å². The third-order valence-corrected chi connectivity index (χ3v) is 3.89. The normalized spacial score (nSPS) is 24.4. The lowest BCUT2D eigenvalue weighted by molar-refractivity contribution is -0.141. The van der Waals surface area contributed by atoms with Gasteiger partial charge >= 0.3 is 6.18 Å². The topological polar surface area (TPSA) is 24.9 Å². The van der Waals surface area contributed by atoms with Gasteiger partial charge in [-0.05, 0) is 56.7 Å². The van der Waals surface area contributed by atoms with E-state index in [2.05, 4.69) is 10.3 Å². The van der Waals surface area contributed by atoms with Crippen LogP contribution in [0.5, 0.6) is 0 Å². The fourth-order valence-corrected chi connectivity index (χ4v) is 2.70. The van der Waals surface area contributed by atoms with Crippen LogP contribution in [0.3, 0.4) is 0 Å². The second kappa shape index (κ2) is 5.90. The summed E-state index contributed by atoms with van der Waals surface area (Å²) in [5.41, 5.74) is 0.0936. The van der Waals surface area contributed by atoms with E-state index in [4.69, 9.17) is 0 Å². The molecule has 0 atom stereocenters. The summed E-state index contributed by atoms with van der Waals surface area (Å²) < 4.78 is 37.2. The zero-order valence-electron chi connectivity index (χ0n) is 11.0. The fourth-order valence-electron chi connectivity index (χ4n) is 2.70. The predicted molar refractivity (Wildman–Crippen MR) is 67.7 cm³/mol. The minimum Gasteiger partial charge on any atom is -0.317 e. The highest BCUT2D eigenvalue weighted by atomic mass is 19.4. The summed E-state index contributed by atoms with van der Waals surface area (Å²) in [6.45, 7) is 0. The molecular weight excluding hydrogens is 253 g/mol. The molecule has 5 heteroatoms. The summed E-state index contributed by atoms with van der Waals surface area (Å²) in [5, 5.41) is 3.28. The summed E-state index contributed by atoms with van der Waals surface area (Å²) >= 11 is 0. The first-order chi connectivity index (χ1) is 8.99. The summed E-state index contributed by atoms with van der Waals surface area (Å²) in [6, 6.07) is 3.23. The molecule has 0 aromatic carbocycles. The number of rotatable bonds is 3. The average Bonchev–Trinajstić information content (AvgIpc) is 2.39. The standard InChI is InChI=1S/C14H19F3N2/c1-18-12-5-2-10(3-6-12)8-11-4-7-13(19-9-11)14(15,16)17/h4,7,9-10,12,18H,2-3,5-6,8H2,1H3. The van der Waals surface area contributed by atoms with Crippen LogP contribution in [0.2, 0.25) is 0 Å². The molecule has 0 spiro atoms. The molecule has 2 nitrogen and oxygen atoms in total. The fraction of sp³-hybridized carbons (Fsp3) is 0.643. The highest BCUT2D eigenvalue weighted by Gasteiger charge is 2.32. The van der Waals surface area contributed by atoms with E-state index in [1.165, 1.54) is 6.20 Å². The minimum absolute atomic E-state index is 0.572. The van der Waals surface area contributed by atoms with Crippen LogP contribution in [0.15, 0.2) is 18.3 Å². The molecule has 2 rings (SSSR count). The van der Waals surface area contributed by atoms with Crippen molar-refractivity contribution in [3.05, 3.63) is 29.6 Å². The molecule has 0 aliphatic heterocycles. The van der Waals surface area contributed by atoms with Gasteiger partial charge in [0, 0.05) is 12.2 Å². The Hall–Kier alpha value is -1.10. The van der Waals surface area contributed by atoms with Crippen molar-refractivity contribution in [2.45, 2.75) is 44.3 Å². The zero-order chi connectivity index (χ0) is 13.9. The third-order valence-electron chi connectivity index (χ3n) is 3.89. The van der Waals surface area contributed by atoms with Crippen molar-refractivity contribution in [3.8, 4) is 0 Å². The smallest absolute Gasteiger partial charge is 0.317 e. The van der Waals surface area contributed by atoms with Crippen LogP contribution < -0.4 is 5.32 Å². The molecule has 1 aliphatic carbocycles. The number of nitrogens with zero attached hydrogens (tertiary/aromatic N) is 1. The van der Waals surface area contributed by atoms with Crippen LogP contribution in [-0.4, -0.2) is 18.1 Å². The molecule has 1 N–H and O–H groups in total. The largest absolute Gasteiger partial charge is 0.433 e. The number of alkyl halides is 3. The molecule has 1 saturated carbocycles. The second-order valence-electron chi connectivity index (χ2n) is 5.26. The second-order valence-corrected chi connectivity index (χ2v) is 5.26. The van der Waals surface area contributed by atoms with Gasteiger partial charge in [0.05, 0.1) is 0 Å². The monoisotopic (exact) mass is 272 g/mol. The van der Waals surface area contributed by atoms with Gasteiger partial charge in [-0.3, -0.25) is 4.98 Å². The van der Waals surface area contributed by atoms with Gasteiger partial charge in [-0.15, -0.1) is 0 Å². The molecule has 0 saturated heterocycles. The number of halogens is 3. The van der Waals surface area contributed by atoms with Gasteiger partial charge in [0.15, 0.2) is 0 Å². The van der Waals surface area contributed by atoms with Gasteiger partial charge in [-0.2, -0.15) is 13.2 Å². The quantitative estimate of drug-likeness (QED) is 0.912. The third kappa shape index (κ3) is 3.93. The van der Waals surface area contributed by atoms with Crippen molar-refractivity contribution in [1.82, 2.24) is 10.3 Å². The minimum atomic E-state index is -4.34. The van der Waals surface area contributed by atoms with E-state index < -0.39 is 11.9 Å². The van der Waals surface area contributed by atoms with Crippen LogP contribution in [0.1, 0.15) is 36.9 Å². The lowest BCUT2D eigenvalue weighted by Gasteiger charge is -2.28. The van der Waals surface area contributed by atoms with Crippen LogP contribution in [0, 0.1) is 5.92 Å². The highest BCUT2D eigenvalue weighted by molar-refractivity contribution is 5.16. The van der Waals surface area contributed by atoms with E-state index in [1.807, 2.05) is 7.05 Å². The Labute approximate surface area is 111 Å². The maximum absolute atomic E-state index is 12.4. The SMILES string of the molecule is CNC1CCC(Cc2ccc(C(F)(F)F)nc2)CC1. The number of nitrogens with one attached hydrogen (secondary N) is 1. The van der Waals surface area contributed by atoms with Crippen molar-refractivity contribution in [2.75, 3.05) is 7.05 Å². The Bertz CT molecular complexity index is 392. The first-order valence-corrected chi connectivity index (χ1v) is 6.68. The first kappa shape index (κ1) is 14.3. The summed E-state index contributed by atoms with van der Waals surface area (Å²) in [7, 11) is 1.98. The summed E-state index contributed by atoms with van der Waals surface area (Å²) in [4.78, 5) is 3.51. The van der Waals surface area contributed by atoms with Gasteiger partial charge in [0.25, 0.3) is 0 Å². The molecule has 1 fully saturated rings. The van der Waals surface area contributed by atoms with E-state index in [-0.39, 0.29) is 0 Å². The van der Waals surface area contributed by atoms with Gasteiger partial charge in [0.1, 0.15) is 5.69 Å². The van der Waals surface area contributed by atoms with E-state index in [9.17, 15) is 13.2 Å². The predicted octanol–water partition coefficient (Wildman–Crippen LogP) is 3.42. The average molecular weight is 272 g/mol. The van der Waals surface area contributed by atoms with Gasteiger partial charge < -0.3 is 5.32 Å². The Kier molecular flexibility index (Phi) is 4.45. The van der Waals surface area contributed by atoms with Crippen molar-refractivity contribution in [2.24, 2.45) is 5.92 Å². The number of pyridine rings is 1. The Balaban J connectivity index is 1.90. The van der Waals surface area contributed by atoms with Gasteiger partial charge in [0.2, 0.25) is 0 Å². The van der Waals surface area contributed by atoms with Gasteiger partial charge in [-0.1, -0.05) is 6.07 Å². The lowest BCUT2D eigenvalue weighted by atomic mass is 9.83. The first-order valence-electron chi connectivity index (χ1n) is 6.68. The molecule has 19 heavy (non-hydrogen) atoms. The maximum atomic E-state index is 12.4. The van der Waals surface area contributed by atoms with Crippen molar-refractivity contribution >= 4 is 0 Å². The molecule has 1 aromatic rings. The highest BCUT2D eigenvalue weighted by Crippen LogP contribution is 2.29. The van der Waals surface area contributed by atoms with E-state index in [0.717, 1.165) is 43.7 Å². The van der Waals surface area contributed by atoms with E-state index >= 15 is 0 Å². The lowest BCUT2D eigenvalue weighted by Crippen LogP contribution is -2.30. The van der Waals surface area contributed by atoms with Crippen LogP contribution >= 0.6 is 0 Å². The zero-order valence-corrected chi connectivity index (χ0v) is 11.0. The molecule has 1 heterocycles. The molecule has 0 radical (unpaired) electrons. The van der Waals surface area contributed by atoms with Gasteiger partial charge in [-0.25, -0.2) is 0 Å². The van der Waals surface area contributed by atoms with Crippen LogP contribution in [0.25, 0.3) is 0 Å². The van der Waals surface area contributed by atoms with E-state index in [0.29, 0.717) is 12.0 Å². The Morgan fingerprint density at radius 3 is 2.37 bits per heavy atom. The molecule has 106 valence electrons. The molecular formula is C14H19F3N2. The number of aromatic nitrogens is 1. The Morgan fingerprint density at radius 1 is 1.21 bits per heavy atom. The summed E-state index contributed by atoms with van der Waals surface area (Å²) in [5.74, 6) is 0.572. The van der Waals surface area contributed by atoms with Crippen LogP contribution in [0.4, 0.5) is 13.2 Å². The van der Waals surface area contributed by atoms with Crippen molar-refractivity contribution in [3.63, 3.8) is 0 Å². The van der Waals surface area contributed by atoms with Crippen molar-refractivity contribution in [1.29, 1.82) is 0 Å². The molecule has 0 unspecified atom stereocenters.